The molecule has 84 valence electrons. The summed E-state index contributed by atoms with van der Waals surface area (Å²) < 4.78 is 41.8. The SMILES string of the molecule is O=c1nc(-c2ccoc2)cc(C(F)(F)F)[nH]1. The molecule has 0 aromatic carbocycles. The average molecular weight is 230 g/mol. The fourth-order valence-electron chi connectivity index (χ4n) is 1.17. The van der Waals surface area contributed by atoms with Gasteiger partial charge in [-0.25, -0.2) is 4.79 Å². The average Bonchev–Trinajstić information content (AvgIpc) is 2.68. The van der Waals surface area contributed by atoms with Crippen LogP contribution in [0.4, 0.5) is 13.2 Å². The summed E-state index contributed by atoms with van der Waals surface area (Å²) in [7, 11) is 0. The van der Waals surface area contributed by atoms with Crippen molar-refractivity contribution < 1.29 is 17.6 Å². The third kappa shape index (κ3) is 1.97. The summed E-state index contributed by atoms with van der Waals surface area (Å²) in [6.45, 7) is 0. The quantitative estimate of drug-likeness (QED) is 0.815. The molecule has 0 saturated carbocycles. The summed E-state index contributed by atoms with van der Waals surface area (Å²) >= 11 is 0. The van der Waals surface area contributed by atoms with Crippen LogP contribution in [0.1, 0.15) is 5.69 Å². The minimum absolute atomic E-state index is 0.0789. The van der Waals surface area contributed by atoms with Crippen LogP contribution in [0.3, 0.4) is 0 Å². The molecular formula is C9H5F3N2O2. The van der Waals surface area contributed by atoms with Gasteiger partial charge in [0.05, 0.1) is 18.2 Å². The van der Waals surface area contributed by atoms with Crippen LogP contribution in [0, 0.1) is 0 Å². The lowest BCUT2D eigenvalue weighted by atomic mass is 10.2. The number of hydrogen-bond acceptors (Lipinski definition) is 3. The fourth-order valence-corrected chi connectivity index (χ4v) is 1.17. The van der Waals surface area contributed by atoms with Gasteiger partial charge in [-0.05, 0) is 12.1 Å². The lowest BCUT2D eigenvalue weighted by Crippen LogP contribution is -2.19. The highest BCUT2D eigenvalue weighted by Gasteiger charge is 2.32. The van der Waals surface area contributed by atoms with Crippen LogP contribution in [-0.2, 0) is 6.18 Å². The number of aromatic amines is 1. The Labute approximate surface area is 86.7 Å². The molecule has 0 radical (unpaired) electrons. The zero-order valence-corrected chi connectivity index (χ0v) is 7.71. The third-order valence-corrected chi connectivity index (χ3v) is 1.87. The molecule has 2 aromatic heterocycles. The minimum Gasteiger partial charge on any atom is -0.472 e. The number of rotatable bonds is 1. The minimum atomic E-state index is -4.61. The molecule has 2 rings (SSSR count). The molecule has 0 spiro atoms. The molecule has 2 aromatic rings. The van der Waals surface area contributed by atoms with Crippen molar-refractivity contribution in [2.24, 2.45) is 0 Å². The van der Waals surface area contributed by atoms with Crippen molar-refractivity contribution >= 4 is 0 Å². The number of hydrogen-bond donors (Lipinski definition) is 1. The molecule has 0 bridgehead atoms. The Morgan fingerprint density at radius 2 is 2.12 bits per heavy atom. The van der Waals surface area contributed by atoms with Crippen molar-refractivity contribution in [3.8, 4) is 11.3 Å². The molecular weight excluding hydrogens is 225 g/mol. The highest BCUT2D eigenvalue weighted by molar-refractivity contribution is 5.57. The second kappa shape index (κ2) is 3.51. The lowest BCUT2D eigenvalue weighted by Gasteiger charge is -2.06. The van der Waals surface area contributed by atoms with Crippen molar-refractivity contribution in [2.45, 2.75) is 6.18 Å². The van der Waals surface area contributed by atoms with Gasteiger partial charge in [0.2, 0.25) is 0 Å². The molecule has 16 heavy (non-hydrogen) atoms. The Kier molecular flexibility index (Phi) is 2.30. The van der Waals surface area contributed by atoms with Crippen molar-refractivity contribution in [3.05, 3.63) is 40.8 Å². The van der Waals surface area contributed by atoms with Crippen LogP contribution in [0.15, 0.2) is 33.9 Å². The van der Waals surface area contributed by atoms with Gasteiger partial charge in [-0.1, -0.05) is 0 Å². The number of nitrogens with one attached hydrogen (secondary N) is 1. The van der Waals surface area contributed by atoms with E-state index in [4.69, 9.17) is 4.42 Å². The van der Waals surface area contributed by atoms with Gasteiger partial charge in [-0.2, -0.15) is 18.2 Å². The maximum absolute atomic E-state index is 12.4. The Balaban J connectivity index is 2.57. The Hall–Kier alpha value is -2.05. The van der Waals surface area contributed by atoms with E-state index < -0.39 is 17.6 Å². The molecule has 0 aliphatic heterocycles. The summed E-state index contributed by atoms with van der Waals surface area (Å²) in [4.78, 5) is 16.0. The molecule has 7 heteroatoms. The highest BCUT2D eigenvalue weighted by atomic mass is 19.4. The first kappa shape index (κ1) is 10.5. The van der Waals surface area contributed by atoms with Gasteiger partial charge in [0.1, 0.15) is 5.69 Å². The van der Waals surface area contributed by atoms with Crippen molar-refractivity contribution in [1.29, 1.82) is 0 Å². The van der Waals surface area contributed by atoms with Crippen LogP contribution < -0.4 is 5.69 Å². The van der Waals surface area contributed by atoms with Crippen molar-refractivity contribution in [3.63, 3.8) is 0 Å². The van der Waals surface area contributed by atoms with Crippen molar-refractivity contribution in [2.75, 3.05) is 0 Å². The Bertz CT molecular complexity index is 543. The standard InChI is InChI=1S/C9H5F3N2O2/c10-9(11,12)7-3-6(13-8(15)14-7)5-1-2-16-4-5/h1-4H,(H,13,14,15). The maximum Gasteiger partial charge on any atom is 0.431 e. The Morgan fingerprint density at radius 3 is 2.69 bits per heavy atom. The molecule has 0 fully saturated rings. The molecule has 4 nitrogen and oxygen atoms in total. The molecule has 1 N–H and O–H groups in total. The summed E-state index contributed by atoms with van der Waals surface area (Å²) in [6, 6.07) is 2.17. The van der Waals surface area contributed by atoms with Gasteiger partial charge in [-0.15, -0.1) is 0 Å². The van der Waals surface area contributed by atoms with Crippen LogP contribution in [-0.4, -0.2) is 9.97 Å². The zero-order valence-electron chi connectivity index (χ0n) is 7.71. The third-order valence-electron chi connectivity index (χ3n) is 1.87. The normalized spacial score (nSPS) is 11.7. The van der Waals surface area contributed by atoms with Crippen molar-refractivity contribution in [1.82, 2.24) is 9.97 Å². The number of furan rings is 1. The van der Waals surface area contributed by atoms with Crippen LogP contribution in [0.2, 0.25) is 0 Å². The van der Waals surface area contributed by atoms with E-state index in [-0.39, 0.29) is 5.69 Å². The molecule has 0 aliphatic carbocycles. The fraction of sp³-hybridized carbons (Fsp3) is 0.111. The predicted molar refractivity (Wildman–Crippen MR) is 47.6 cm³/mol. The highest BCUT2D eigenvalue weighted by Crippen LogP contribution is 2.28. The topological polar surface area (TPSA) is 58.9 Å². The van der Waals surface area contributed by atoms with E-state index in [1.165, 1.54) is 18.6 Å². The Morgan fingerprint density at radius 1 is 1.38 bits per heavy atom. The number of H-pyrrole nitrogens is 1. The summed E-state index contributed by atoms with van der Waals surface area (Å²) in [5.74, 6) is 0. The molecule has 2 heterocycles. The largest absolute Gasteiger partial charge is 0.472 e. The van der Waals surface area contributed by atoms with E-state index in [0.29, 0.717) is 5.56 Å². The maximum atomic E-state index is 12.4. The van der Waals surface area contributed by atoms with Gasteiger partial charge in [-0.3, -0.25) is 0 Å². The van der Waals surface area contributed by atoms with E-state index in [9.17, 15) is 18.0 Å². The van der Waals surface area contributed by atoms with E-state index in [0.717, 1.165) is 6.07 Å². The van der Waals surface area contributed by atoms with Gasteiger partial charge in [0.15, 0.2) is 0 Å². The number of aromatic nitrogens is 2. The van der Waals surface area contributed by atoms with Gasteiger partial charge in [0.25, 0.3) is 0 Å². The first-order valence-electron chi connectivity index (χ1n) is 4.18. The molecule has 0 amide bonds. The summed E-state index contributed by atoms with van der Waals surface area (Å²) in [5.41, 5.74) is -1.95. The zero-order chi connectivity index (χ0) is 11.8. The second-order valence-electron chi connectivity index (χ2n) is 2.99. The van der Waals surface area contributed by atoms with Gasteiger partial charge >= 0.3 is 11.9 Å². The van der Waals surface area contributed by atoms with Crippen LogP contribution >= 0.6 is 0 Å². The molecule has 0 atom stereocenters. The first-order chi connectivity index (χ1) is 7.47. The smallest absolute Gasteiger partial charge is 0.431 e. The monoisotopic (exact) mass is 230 g/mol. The predicted octanol–water partition coefficient (Wildman–Crippen LogP) is 2.05. The van der Waals surface area contributed by atoms with E-state index in [1.807, 2.05) is 0 Å². The van der Waals surface area contributed by atoms with E-state index >= 15 is 0 Å². The number of nitrogens with zero attached hydrogens (tertiary/aromatic N) is 1. The van der Waals surface area contributed by atoms with Crippen LogP contribution in [0.5, 0.6) is 0 Å². The van der Waals surface area contributed by atoms with E-state index in [1.54, 1.807) is 4.98 Å². The van der Waals surface area contributed by atoms with Gasteiger partial charge < -0.3 is 9.40 Å². The summed E-state index contributed by atoms with van der Waals surface area (Å²) in [6.07, 6.45) is -2.12. The number of alkyl halides is 3. The lowest BCUT2D eigenvalue weighted by molar-refractivity contribution is -0.141. The second-order valence-corrected chi connectivity index (χ2v) is 2.99. The van der Waals surface area contributed by atoms with E-state index in [2.05, 4.69) is 4.98 Å². The number of halogens is 3. The molecule has 0 aliphatic rings. The van der Waals surface area contributed by atoms with Gasteiger partial charge in [0, 0.05) is 5.56 Å². The molecule has 0 unspecified atom stereocenters. The molecule has 0 saturated heterocycles. The first-order valence-corrected chi connectivity index (χ1v) is 4.18. The summed E-state index contributed by atoms with van der Waals surface area (Å²) in [5, 5.41) is 0. The van der Waals surface area contributed by atoms with Crippen LogP contribution in [0.25, 0.3) is 11.3 Å².